The van der Waals surface area contributed by atoms with Crippen LogP contribution in [0.1, 0.15) is 26.3 Å². The summed E-state index contributed by atoms with van der Waals surface area (Å²) >= 11 is 0. The first kappa shape index (κ1) is 16.2. The molecule has 3 heteroatoms. The Kier molecular flexibility index (Phi) is 7.52. The first-order valence-electron chi connectivity index (χ1n) is 5.94. The van der Waals surface area contributed by atoms with Crippen LogP contribution in [-0.2, 0) is 4.74 Å². The topological polar surface area (TPSA) is 38.3 Å². The van der Waals surface area contributed by atoms with Crippen molar-refractivity contribution in [2.24, 2.45) is 0 Å². The normalized spacial score (nSPS) is 9.78. The maximum absolute atomic E-state index is 10.8. The van der Waals surface area contributed by atoms with Crippen molar-refractivity contribution in [3.05, 3.63) is 48.6 Å². The first-order valence-corrected chi connectivity index (χ1v) is 5.94. The Labute approximate surface area is 110 Å². The predicted octanol–water partition coefficient (Wildman–Crippen LogP) is 3.69. The molecule has 0 aromatic heterocycles. The van der Waals surface area contributed by atoms with Crippen LogP contribution in [-0.4, -0.2) is 18.2 Å². The second kappa shape index (κ2) is 8.34. The Morgan fingerprint density at radius 1 is 1.33 bits per heavy atom. The second-order valence-corrected chi connectivity index (χ2v) is 4.83. The van der Waals surface area contributed by atoms with Crippen LogP contribution in [0.25, 0.3) is 0 Å². The van der Waals surface area contributed by atoms with Crippen LogP contribution >= 0.6 is 0 Å². The molecule has 0 fully saturated rings. The molecular weight excluding hydrogens is 226 g/mol. The number of amides is 1. The summed E-state index contributed by atoms with van der Waals surface area (Å²) in [5.41, 5.74) is 0.896. The number of carbonyl (C=O) groups is 1. The van der Waals surface area contributed by atoms with E-state index < -0.39 is 11.7 Å². The largest absolute Gasteiger partial charge is 0.444 e. The number of benzene rings is 1. The molecule has 0 unspecified atom stereocenters. The van der Waals surface area contributed by atoms with Gasteiger partial charge in [0.15, 0.2) is 0 Å². The van der Waals surface area contributed by atoms with Gasteiger partial charge in [0.2, 0.25) is 0 Å². The summed E-state index contributed by atoms with van der Waals surface area (Å²) in [5.74, 6) is 0. The fourth-order valence-electron chi connectivity index (χ4n) is 1.00. The Hall–Kier alpha value is -1.77. The van der Waals surface area contributed by atoms with Gasteiger partial charge < -0.3 is 10.1 Å². The minimum Gasteiger partial charge on any atom is -0.444 e. The lowest BCUT2D eigenvalue weighted by molar-refractivity contribution is 0.0534. The van der Waals surface area contributed by atoms with Crippen molar-refractivity contribution in [2.75, 3.05) is 6.54 Å². The molecule has 0 spiro atoms. The molecule has 1 rings (SSSR count). The summed E-state index contributed by atoms with van der Waals surface area (Å²) in [6, 6.07) is 10.3. The molecule has 1 amide bonds. The monoisotopic (exact) mass is 249 g/mol. The van der Waals surface area contributed by atoms with Gasteiger partial charge in [-0.25, -0.2) is 4.79 Å². The van der Waals surface area contributed by atoms with E-state index >= 15 is 0 Å². The number of carbonyl (C=O) groups excluding carboxylic acids is 1. The molecule has 3 nitrogen and oxygen atoms in total. The lowest BCUT2D eigenvalue weighted by Gasteiger charge is -2.19. The van der Waals surface area contributed by atoms with Gasteiger partial charge in [-0.3, -0.25) is 0 Å². The summed E-state index contributed by atoms with van der Waals surface area (Å²) in [5, 5.41) is 2.51. The highest BCUT2D eigenvalue weighted by Gasteiger charge is 2.14. The molecule has 1 aromatic rings. The fraction of sp³-hybridized carbons (Fsp3) is 0.400. The summed E-state index contributed by atoms with van der Waals surface area (Å²) in [4.78, 5) is 10.8. The van der Waals surface area contributed by atoms with Crippen molar-refractivity contribution in [1.82, 2.24) is 5.32 Å². The second-order valence-electron chi connectivity index (χ2n) is 4.83. The van der Waals surface area contributed by atoms with E-state index in [4.69, 9.17) is 4.74 Å². The van der Waals surface area contributed by atoms with E-state index in [-0.39, 0.29) is 0 Å². The summed E-state index contributed by atoms with van der Waals surface area (Å²) in [6.07, 6.45) is 1.20. The van der Waals surface area contributed by atoms with Gasteiger partial charge in [-0.15, -0.1) is 6.58 Å². The highest BCUT2D eigenvalue weighted by molar-refractivity contribution is 5.67. The summed E-state index contributed by atoms with van der Waals surface area (Å²) in [6.45, 7) is 11.4. The smallest absolute Gasteiger partial charge is 0.407 e. The number of ether oxygens (including phenoxy) is 1. The third-order valence-electron chi connectivity index (χ3n) is 1.73. The minimum absolute atomic E-state index is 0.405. The van der Waals surface area contributed by atoms with Crippen molar-refractivity contribution >= 4 is 6.09 Å². The van der Waals surface area contributed by atoms with Crippen molar-refractivity contribution in [1.29, 1.82) is 0 Å². The predicted molar refractivity (Wildman–Crippen MR) is 75.6 cm³/mol. The molecule has 0 aliphatic carbocycles. The average Bonchev–Trinajstić information content (AvgIpc) is 2.26. The molecule has 0 aliphatic heterocycles. The SMILES string of the molecule is C=CCNC(=O)OC(C)(C)C.Cc1ccccc1. The van der Waals surface area contributed by atoms with Gasteiger partial charge >= 0.3 is 6.09 Å². The number of nitrogens with one attached hydrogen (secondary N) is 1. The van der Waals surface area contributed by atoms with Crippen LogP contribution in [0.5, 0.6) is 0 Å². The Morgan fingerprint density at radius 2 is 1.89 bits per heavy atom. The van der Waals surface area contributed by atoms with Crippen LogP contribution in [0.15, 0.2) is 43.0 Å². The van der Waals surface area contributed by atoms with Crippen LogP contribution < -0.4 is 5.32 Å². The third kappa shape index (κ3) is 10.7. The molecule has 0 saturated heterocycles. The van der Waals surface area contributed by atoms with Crippen LogP contribution in [0.2, 0.25) is 0 Å². The van der Waals surface area contributed by atoms with Crippen LogP contribution in [0.3, 0.4) is 0 Å². The van der Waals surface area contributed by atoms with Crippen molar-refractivity contribution in [3.63, 3.8) is 0 Å². The maximum Gasteiger partial charge on any atom is 0.407 e. The van der Waals surface area contributed by atoms with Crippen molar-refractivity contribution in [2.45, 2.75) is 33.3 Å². The number of hydrogen-bond donors (Lipinski definition) is 1. The van der Waals surface area contributed by atoms with Gasteiger partial charge in [0, 0.05) is 6.54 Å². The minimum atomic E-state index is -0.425. The molecule has 1 aromatic carbocycles. The Morgan fingerprint density at radius 3 is 2.22 bits per heavy atom. The van der Waals surface area contributed by atoms with Gasteiger partial charge in [-0.1, -0.05) is 42.0 Å². The number of hydrogen-bond acceptors (Lipinski definition) is 2. The van der Waals surface area contributed by atoms with Gasteiger partial charge in [-0.2, -0.15) is 0 Å². The molecule has 0 heterocycles. The zero-order valence-corrected chi connectivity index (χ0v) is 11.7. The quantitative estimate of drug-likeness (QED) is 0.812. The van der Waals surface area contributed by atoms with E-state index in [1.807, 2.05) is 39.0 Å². The van der Waals surface area contributed by atoms with E-state index in [0.29, 0.717) is 6.54 Å². The highest BCUT2D eigenvalue weighted by Crippen LogP contribution is 2.05. The molecule has 100 valence electrons. The molecule has 0 bridgehead atoms. The lowest BCUT2D eigenvalue weighted by atomic mass is 10.2. The molecular formula is C15H23NO2. The zero-order valence-electron chi connectivity index (χ0n) is 11.7. The van der Waals surface area contributed by atoms with E-state index in [2.05, 4.69) is 31.0 Å². The van der Waals surface area contributed by atoms with Gasteiger partial charge in [0.05, 0.1) is 0 Å². The fourth-order valence-corrected chi connectivity index (χ4v) is 1.00. The van der Waals surface area contributed by atoms with E-state index in [9.17, 15) is 4.79 Å². The number of aryl methyl sites for hydroxylation is 1. The average molecular weight is 249 g/mol. The number of rotatable bonds is 2. The standard InChI is InChI=1S/C8H15NO2.C7H8/c1-5-6-9-7(10)11-8(2,3)4;1-7-5-3-2-4-6-7/h5H,1,6H2,2-4H3,(H,9,10);2-6H,1H3. The number of alkyl carbamates (subject to hydrolysis) is 1. The van der Waals surface area contributed by atoms with E-state index in [0.717, 1.165) is 0 Å². The van der Waals surface area contributed by atoms with Crippen LogP contribution in [0.4, 0.5) is 4.79 Å². The van der Waals surface area contributed by atoms with Gasteiger partial charge in [-0.05, 0) is 27.7 Å². The molecule has 0 atom stereocenters. The first-order chi connectivity index (χ1) is 8.35. The van der Waals surface area contributed by atoms with Crippen molar-refractivity contribution in [3.8, 4) is 0 Å². The van der Waals surface area contributed by atoms with Crippen LogP contribution in [0, 0.1) is 6.92 Å². The highest BCUT2D eigenvalue weighted by atomic mass is 16.6. The molecule has 0 aliphatic rings. The summed E-state index contributed by atoms with van der Waals surface area (Å²) < 4.78 is 4.94. The van der Waals surface area contributed by atoms with Gasteiger partial charge in [0.1, 0.15) is 5.60 Å². The van der Waals surface area contributed by atoms with Gasteiger partial charge in [0.25, 0.3) is 0 Å². The molecule has 1 N–H and O–H groups in total. The molecule has 18 heavy (non-hydrogen) atoms. The zero-order chi connectivity index (χ0) is 14.0. The lowest BCUT2D eigenvalue weighted by Crippen LogP contribution is -2.32. The maximum atomic E-state index is 10.8. The Balaban J connectivity index is 0.000000351. The van der Waals surface area contributed by atoms with E-state index in [1.54, 1.807) is 6.08 Å². The Bertz CT molecular complexity index is 353. The third-order valence-corrected chi connectivity index (χ3v) is 1.73. The van der Waals surface area contributed by atoms with Crippen molar-refractivity contribution < 1.29 is 9.53 Å². The van der Waals surface area contributed by atoms with E-state index in [1.165, 1.54) is 5.56 Å². The molecule has 0 saturated carbocycles. The molecule has 0 radical (unpaired) electrons. The summed E-state index contributed by atoms with van der Waals surface area (Å²) in [7, 11) is 0.